The van der Waals surface area contributed by atoms with Crippen LogP contribution in [0.3, 0.4) is 0 Å². The van der Waals surface area contributed by atoms with E-state index < -0.39 is 0 Å². The number of nitrogens with one attached hydrogen (secondary N) is 1. The number of halogens is 1. The summed E-state index contributed by atoms with van der Waals surface area (Å²) in [6, 6.07) is 6.33. The topological polar surface area (TPSA) is 26.2 Å². The van der Waals surface area contributed by atoms with Crippen LogP contribution in [-0.4, -0.2) is 17.6 Å². The molecule has 0 unspecified atom stereocenters. The molecule has 0 saturated carbocycles. The summed E-state index contributed by atoms with van der Waals surface area (Å²) < 4.78 is 7.66. The molecule has 1 aliphatic rings. The average molecular weight is 360 g/mol. The Hall–Kier alpha value is -0.400. The molecule has 1 aromatic carbocycles. The molecule has 0 amide bonds. The van der Waals surface area contributed by atoms with Crippen LogP contribution in [0.25, 0.3) is 10.9 Å². The lowest BCUT2D eigenvalue weighted by Gasteiger charge is -2.14. The second-order valence-corrected chi connectivity index (χ2v) is 5.78. The van der Waals surface area contributed by atoms with E-state index in [0.717, 1.165) is 25.3 Å². The monoisotopic (exact) mass is 360 g/mol. The lowest BCUT2D eigenvalue weighted by atomic mass is 10.1. The van der Waals surface area contributed by atoms with Crippen molar-refractivity contribution < 1.29 is 4.74 Å². The number of aromatic nitrogens is 1. The van der Waals surface area contributed by atoms with Crippen LogP contribution in [0.1, 0.15) is 11.3 Å². The molecule has 0 fully saturated rings. The zero-order valence-electron chi connectivity index (χ0n) is 9.50. The van der Waals surface area contributed by atoms with E-state index in [1.165, 1.54) is 22.2 Å². The third-order valence-electron chi connectivity index (χ3n) is 3.25. The first kappa shape index (κ1) is 11.7. The Labute approximate surface area is 117 Å². The van der Waals surface area contributed by atoms with Crippen LogP contribution in [0.4, 0.5) is 0 Å². The quantitative estimate of drug-likeness (QED) is 0.834. The second-order valence-electron chi connectivity index (χ2n) is 4.10. The highest BCUT2D eigenvalue weighted by molar-refractivity contribution is 14.2. The van der Waals surface area contributed by atoms with E-state index in [1.807, 2.05) is 6.07 Å². The minimum atomic E-state index is 0.932. The Morgan fingerprint density at radius 1 is 1.47 bits per heavy atom. The summed E-state index contributed by atoms with van der Waals surface area (Å²) in [6.45, 7) is 2.03. The van der Waals surface area contributed by atoms with Crippen molar-refractivity contribution in [2.75, 3.05) is 13.7 Å². The third kappa shape index (κ3) is 1.84. The van der Waals surface area contributed by atoms with E-state index in [2.05, 4.69) is 42.6 Å². The summed E-state index contributed by atoms with van der Waals surface area (Å²) in [5.41, 5.74) is 4.17. The van der Waals surface area contributed by atoms with Crippen LogP contribution in [0.2, 0.25) is 0 Å². The first-order valence-electron chi connectivity index (χ1n) is 5.55. The molecule has 0 aliphatic carbocycles. The Morgan fingerprint density at radius 2 is 2.35 bits per heavy atom. The molecule has 5 heteroatoms. The summed E-state index contributed by atoms with van der Waals surface area (Å²) in [5.74, 6) is 0.932. The van der Waals surface area contributed by atoms with E-state index in [0.29, 0.717) is 0 Å². The molecule has 0 atom stereocenters. The molecule has 2 aromatic rings. The standard InChI is InChI=1S/C12H13IN2OS/c1-16-8-2-3-11-9(6-8)10-7-14-5-4-12(10)15(11)17-13/h2-3,6,14H,4-5,7H2,1H3. The highest BCUT2D eigenvalue weighted by Crippen LogP contribution is 2.35. The lowest BCUT2D eigenvalue weighted by molar-refractivity contribution is 0.415. The first-order chi connectivity index (χ1) is 8.35. The van der Waals surface area contributed by atoms with E-state index >= 15 is 0 Å². The number of nitrogens with zero attached hydrogens (tertiary/aromatic N) is 1. The van der Waals surface area contributed by atoms with Crippen LogP contribution in [0.15, 0.2) is 18.2 Å². The number of methoxy groups -OCH3 is 1. The molecule has 1 N–H and O–H groups in total. The van der Waals surface area contributed by atoms with Crippen molar-refractivity contribution in [3.8, 4) is 5.75 Å². The van der Waals surface area contributed by atoms with Crippen molar-refractivity contribution in [3.05, 3.63) is 29.5 Å². The van der Waals surface area contributed by atoms with Crippen LogP contribution < -0.4 is 10.1 Å². The molecular formula is C12H13IN2OS. The van der Waals surface area contributed by atoms with Crippen LogP contribution in [0.5, 0.6) is 5.75 Å². The molecule has 0 radical (unpaired) electrons. The largest absolute Gasteiger partial charge is 0.497 e. The van der Waals surface area contributed by atoms with Crippen molar-refractivity contribution >= 4 is 41.2 Å². The van der Waals surface area contributed by atoms with Crippen molar-refractivity contribution in [2.24, 2.45) is 0 Å². The van der Waals surface area contributed by atoms with Gasteiger partial charge in [-0.15, -0.1) is 0 Å². The predicted molar refractivity (Wildman–Crippen MR) is 80.9 cm³/mol. The van der Waals surface area contributed by atoms with Gasteiger partial charge in [0.1, 0.15) is 5.75 Å². The lowest BCUT2D eigenvalue weighted by Crippen LogP contribution is -2.23. The number of hydrogen-bond acceptors (Lipinski definition) is 3. The maximum atomic E-state index is 5.32. The average Bonchev–Trinajstić information content (AvgIpc) is 2.71. The molecule has 1 aliphatic heterocycles. The normalized spacial score (nSPS) is 14.9. The molecule has 0 bridgehead atoms. The van der Waals surface area contributed by atoms with Gasteiger partial charge in [0.2, 0.25) is 0 Å². The van der Waals surface area contributed by atoms with Gasteiger partial charge in [-0.25, -0.2) is 0 Å². The smallest absolute Gasteiger partial charge is 0.119 e. The van der Waals surface area contributed by atoms with Crippen molar-refractivity contribution in [2.45, 2.75) is 13.0 Å². The van der Waals surface area contributed by atoms with Gasteiger partial charge in [0, 0.05) is 60.9 Å². The Morgan fingerprint density at radius 3 is 3.12 bits per heavy atom. The number of rotatable bonds is 2. The van der Waals surface area contributed by atoms with Gasteiger partial charge in [-0.1, -0.05) is 0 Å². The molecule has 2 heterocycles. The molecule has 3 rings (SSSR count). The molecular weight excluding hydrogens is 347 g/mol. The van der Waals surface area contributed by atoms with Gasteiger partial charge in [0.25, 0.3) is 0 Å². The molecule has 3 nitrogen and oxygen atoms in total. The summed E-state index contributed by atoms with van der Waals surface area (Å²) >= 11 is 2.35. The number of benzene rings is 1. The summed E-state index contributed by atoms with van der Waals surface area (Å²) in [6.07, 6.45) is 1.10. The van der Waals surface area contributed by atoms with Gasteiger partial charge in [0.05, 0.1) is 12.6 Å². The molecule has 0 saturated heterocycles. The molecule has 1 aromatic heterocycles. The Balaban J connectivity index is 2.31. The number of ether oxygens (including phenoxy) is 1. The molecule has 90 valence electrons. The predicted octanol–water partition coefficient (Wildman–Crippen LogP) is 3.14. The summed E-state index contributed by atoms with van der Waals surface area (Å²) in [4.78, 5) is 0. The van der Waals surface area contributed by atoms with E-state index in [-0.39, 0.29) is 0 Å². The van der Waals surface area contributed by atoms with Gasteiger partial charge >= 0.3 is 0 Å². The van der Waals surface area contributed by atoms with E-state index in [1.54, 1.807) is 16.2 Å². The van der Waals surface area contributed by atoms with Gasteiger partial charge in [-0.05, 0) is 23.8 Å². The third-order valence-corrected chi connectivity index (χ3v) is 4.99. The molecule has 17 heavy (non-hydrogen) atoms. The maximum absolute atomic E-state index is 5.32. The van der Waals surface area contributed by atoms with Crippen LogP contribution >= 0.6 is 30.3 Å². The van der Waals surface area contributed by atoms with Crippen LogP contribution in [0, 0.1) is 0 Å². The van der Waals surface area contributed by atoms with Gasteiger partial charge < -0.3 is 10.1 Å². The molecule has 0 spiro atoms. The van der Waals surface area contributed by atoms with Crippen molar-refractivity contribution in [1.29, 1.82) is 0 Å². The zero-order valence-corrected chi connectivity index (χ0v) is 12.5. The second kappa shape index (κ2) is 4.70. The maximum Gasteiger partial charge on any atom is 0.119 e. The van der Waals surface area contributed by atoms with Crippen molar-refractivity contribution in [1.82, 2.24) is 9.29 Å². The van der Waals surface area contributed by atoms with Crippen molar-refractivity contribution in [3.63, 3.8) is 0 Å². The van der Waals surface area contributed by atoms with Crippen LogP contribution in [-0.2, 0) is 13.0 Å². The summed E-state index contributed by atoms with van der Waals surface area (Å²) in [5, 5.41) is 4.76. The van der Waals surface area contributed by atoms with Gasteiger partial charge in [0.15, 0.2) is 0 Å². The van der Waals surface area contributed by atoms with E-state index in [4.69, 9.17) is 4.74 Å². The SMILES string of the molecule is COc1ccc2c(c1)c1c(n2SI)CCNC1. The van der Waals surface area contributed by atoms with Gasteiger partial charge in [-0.3, -0.25) is 3.97 Å². The zero-order chi connectivity index (χ0) is 11.8. The number of fused-ring (bicyclic) bond motifs is 3. The fourth-order valence-corrected chi connectivity index (χ4v) is 4.30. The number of hydrogen-bond donors (Lipinski definition) is 1. The highest BCUT2D eigenvalue weighted by atomic mass is 127. The Kier molecular flexibility index (Phi) is 3.23. The minimum Gasteiger partial charge on any atom is -0.497 e. The minimum absolute atomic E-state index is 0.932. The first-order valence-corrected chi connectivity index (χ1v) is 8.86. The van der Waals surface area contributed by atoms with E-state index in [9.17, 15) is 0 Å². The fraction of sp³-hybridized carbons (Fsp3) is 0.333. The fourth-order valence-electron chi connectivity index (χ4n) is 2.43. The Bertz CT molecular complexity index is 567. The van der Waals surface area contributed by atoms with Gasteiger partial charge in [-0.2, -0.15) is 0 Å². The summed E-state index contributed by atoms with van der Waals surface area (Å²) in [7, 11) is 3.47. The highest BCUT2D eigenvalue weighted by Gasteiger charge is 2.20.